The van der Waals surface area contributed by atoms with Gasteiger partial charge in [0.2, 0.25) is 0 Å². The summed E-state index contributed by atoms with van der Waals surface area (Å²) in [6, 6.07) is 8.92. The van der Waals surface area contributed by atoms with Crippen molar-refractivity contribution < 1.29 is 13.9 Å². The first-order chi connectivity index (χ1) is 10.5. The molecule has 114 valence electrons. The summed E-state index contributed by atoms with van der Waals surface area (Å²) < 4.78 is 19.4. The van der Waals surface area contributed by atoms with E-state index < -0.39 is 5.97 Å². The number of nitrogens with one attached hydrogen (secondary N) is 1. The van der Waals surface area contributed by atoms with Gasteiger partial charge in [-0.15, -0.1) is 0 Å². The van der Waals surface area contributed by atoms with E-state index in [1.807, 2.05) is 0 Å². The first-order valence-corrected chi connectivity index (χ1v) is 6.58. The van der Waals surface area contributed by atoms with Gasteiger partial charge in [0.15, 0.2) is 5.11 Å². The highest BCUT2D eigenvalue weighted by Gasteiger charge is 2.16. The third-order valence-electron chi connectivity index (χ3n) is 2.76. The summed E-state index contributed by atoms with van der Waals surface area (Å²) in [5.41, 5.74) is 9.14. The van der Waals surface area contributed by atoms with Gasteiger partial charge >= 0.3 is 5.97 Å². The van der Waals surface area contributed by atoms with E-state index in [9.17, 15) is 9.18 Å². The fourth-order valence-electron chi connectivity index (χ4n) is 1.86. The molecule has 3 N–H and O–H groups in total. The van der Waals surface area contributed by atoms with E-state index in [2.05, 4.69) is 22.7 Å². The van der Waals surface area contributed by atoms with Crippen molar-refractivity contribution >= 4 is 29.5 Å². The highest BCUT2D eigenvalue weighted by atomic mass is 32.1. The number of methoxy groups -OCH3 is 1. The average Bonchev–Trinajstić information content (AvgIpc) is 2.91. The molecule has 0 unspecified atom stereocenters. The van der Waals surface area contributed by atoms with Crippen LogP contribution in [-0.4, -0.2) is 29.0 Å². The van der Waals surface area contributed by atoms with Crippen molar-refractivity contribution in [3.63, 3.8) is 0 Å². The molecule has 0 aliphatic carbocycles. The van der Waals surface area contributed by atoms with Crippen molar-refractivity contribution in [1.82, 2.24) is 9.99 Å². The Balaban J connectivity index is 2.48. The molecule has 1 aromatic carbocycles. The van der Waals surface area contributed by atoms with Crippen molar-refractivity contribution in [3.8, 4) is 5.69 Å². The number of carbonyl (C=O) groups excluding carboxylic acids is 1. The lowest BCUT2D eigenvalue weighted by atomic mass is 10.3. The van der Waals surface area contributed by atoms with Crippen molar-refractivity contribution in [2.45, 2.75) is 0 Å². The van der Waals surface area contributed by atoms with E-state index >= 15 is 0 Å². The molecule has 0 spiro atoms. The van der Waals surface area contributed by atoms with E-state index in [4.69, 9.17) is 10.5 Å². The second-order valence-electron chi connectivity index (χ2n) is 4.18. The van der Waals surface area contributed by atoms with Gasteiger partial charge in [0.25, 0.3) is 0 Å². The van der Waals surface area contributed by atoms with Crippen LogP contribution in [0.2, 0.25) is 0 Å². The van der Waals surface area contributed by atoms with Gasteiger partial charge in [-0.1, -0.05) is 0 Å². The molecule has 1 heterocycles. The average molecular weight is 320 g/mol. The highest BCUT2D eigenvalue weighted by Crippen LogP contribution is 2.17. The van der Waals surface area contributed by atoms with Gasteiger partial charge in [0, 0.05) is 5.69 Å². The Morgan fingerprint density at radius 1 is 1.36 bits per heavy atom. The van der Waals surface area contributed by atoms with E-state index in [0.29, 0.717) is 11.4 Å². The second-order valence-corrected chi connectivity index (χ2v) is 4.62. The standard InChI is InChI=1S/C14H13FN4O2S/c1-21-13(20)12-7-6-11(8-17-18-14(16)22)19(12)10-4-2-9(15)3-5-10/h2-8H,1H3,(H3,16,18,22)/b17-8-. The lowest BCUT2D eigenvalue weighted by Crippen LogP contribution is -2.24. The molecular weight excluding hydrogens is 307 g/mol. The van der Waals surface area contributed by atoms with Gasteiger partial charge in [-0.25, -0.2) is 9.18 Å². The SMILES string of the molecule is COC(=O)c1ccc(/C=N\NC(N)=S)n1-c1ccc(F)cc1. The summed E-state index contributed by atoms with van der Waals surface area (Å²) in [4.78, 5) is 11.9. The van der Waals surface area contributed by atoms with Crippen molar-refractivity contribution in [2.24, 2.45) is 10.8 Å². The maximum atomic E-state index is 13.1. The normalized spacial score (nSPS) is 10.6. The smallest absolute Gasteiger partial charge is 0.355 e. The molecule has 22 heavy (non-hydrogen) atoms. The number of esters is 1. The van der Waals surface area contributed by atoms with Crippen LogP contribution < -0.4 is 11.2 Å². The third kappa shape index (κ3) is 3.47. The van der Waals surface area contributed by atoms with Crippen molar-refractivity contribution in [2.75, 3.05) is 7.11 Å². The number of ether oxygens (including phenoxy) is 1. The number of nitrogens with two attached hydrogens (primary N) is 1. The summed E-state index contributed by atoms with van der Waals surface area (Å²) in [5.74, 6) is -0.896. The zero-order chi connectivity index (χ0) is 16.1. The summed E-state index contributed by atoms with van der Waals surface area (Å²) >= 11 is 4.65. The quantitative estimate of drug-likeness (QED) is 0.387. The Kier molecular flexibility index (Phi) is 4.84. The van der Waals surface area contributed by atoms with Crippen LogP contribution in [0.25, 0.3) is 5.69 Å². The number of halogens is 1. The summed E-state index contributed by atoms with van der Waals surface area (Å²) in [6.45, 7) is 0. The van der Waals surface area contributed by atoms with Gasteiger partial charge in [0.1, 0.15) is 11.5 Å². The molecule has 0 atom stereocenters. The minimum absolute atomic E-state index is 0.0179. The molecule has 0 bridgehead atoms. The fourth-order valence-corrected chi connectivity index (χ4v) is 1.91. The number of aromatic nitrogens is 1. The van der Waals surface area contributed by atoms with E-state index in [-0.39, 0.29) is 16.6 Å². The summed E-state index contributed by atoms with van der Waals surface area (Å²) in [6.07, 6.45) is 1.44. The van der Waals surface area contributed by atoms with Gasteiger partial charge in [-0.2, -0.15) is 5.10 Å². The second kappa shape index (κ2) is 6.81. The minimum Gasteiger partial charge on any atom is -0.464 e. The molecular formula is C14H13FN4O2S. The number of benzene rings is 1. The molecule has 2 rings (SSSR count). The molecule has 6 nitrogen and oxygen atoms in total. The predicted molar refractivity (Wildman–Crippen MR) is 84.6 cm³/mol. The monoisotopic (exact) mass is 320 g/mol. The van der Waals surface area contributed by atoms with Gasteiger partial charge < -0.3 is 15.0 Å². The van der Waals surface area contributed by atoms with Crippen LogP contribution in [0.5, 0.6) is 0 Å². The zero-order valence-corrected chi connectivity index (χ0v) is 12.4. The molecule has 0 fully saturated rings. The van der Waals surface area contributed by atoms with Gasteiger partial charge in [-0.3, -0.25) is 5.43 Å². The molecule has 0 saturated heterocycles. The first kappa shape index (κ1) is 15.6. The molecule has 0 aliphatic rings. The number of hydrazone groups is 1. The van der Waals surface area contributed by atoms with Crippen LogP contribution in [0.15, 0.2) is 41.5 Å². The largest absolute Gasteiger partial charge is 0.464 e. The number of carbonyl (C=O) groups is 1. The van der Waals surface area contributed by atoms with E-state index in [1.54, 1.807) is 28.8 Å². The van der Waals surface area contributed by atoms with Crippen LogP contribution in [-0.2, 0) is 4.74 Å². The van der Waals surface area contributed by atoms with Crippen LogP contribution in [0.1, 0.15) is 16.2 Å². The first-order valence-electron chi connectivity index (χ1n) is 6.17. The fraction of sp³-hybridized carbons (Fsp3) is 0.0714. The van der Waals surface area contributed by atoms with Gasteiger partial charge in [0.05, 0.1) is 19.0 Å². The Morgan fingerprint density at radius 2 is 2.05 bits per heavy atom. The highest BCUT2D eigenvalue weighted by molar-refractivity contribution is 7.80. The number of hydrogen-bond donors (Lipinski definition) is 2. The maximum absolute atomic E-state index is 13.1. The Hall–Kier alpha value is -2.74. The topological polar surface area (TPSA) is 81.6 Å². The van der Waals surface area contributed by atoms with Crippen LogP contribution in [0.3, 0.4) is 0 Å². The maximum Gasteiger partial charge on any atom is 0.355 e. The Morgan fingerprint density at radius 3 is 2.64 bits per heavy atom. The summed E-state index contributed by atoms with van der Waals surface area (Å²) in [5, 5.41) is 3.87. The van der Waals surface area contributed by atoms with Crippen molar-refractivity contribution in [1.29, 1.82) is 0 Å². The molecule has 0 radical (unpaired) electrons. The Labute approximate surface area is 131 Å². The number of hydrogen-bond acceptors (Lipinski definition) is 4. The molecule has 2 aromatic rings. The molecule has 0 amide bonds. The zero-order valence-electron chi connectivity index (χ0n) is 11.6. The van der Waals surface area contributed by atoms with Crippen LogP contribution in [0, 0.1) is 5.82 Å². The predicted octanol–water partition coefficient (Wildman–Crippen LogP) is 1.57. The van der Waals surface area contributed by atoms with Crippen molar-refractivity contribution in [3.05, 3.63) is 53.6 Å². The molecule has 0 aliphatic heterocycles. The number of thiocarbonyl (C=S) groups is 1. The van der Waals surface area contributed by atoms with E-state index in [0.717, 1.165) is 0 Å². The Bertz CT molecular complexity index is 725. The lowest BCUT2D eigenvalue weighted by Gasteiger charge is -2.10. The number of rotatable bonds is 4. The molecule has 8 heteroatoms. The summed E-state index contributed by atoms with van der Waals surface area (Å²) in [7, 11) is 1.28. The lowest BCUT2D eigenvalue weighted by molar-refractivity contribution is 0.0591. The minimum atomic E-state index is -0.522. The van der Waals surface area contributed by atoms with Crippen LogP contribution in [0.4, 0.5) is 4.39 Å². The van der Waals surface area contributed by atoms with E-state index in [1.165, 1.54) is 25.5 Å². The van der Waals surface area contributed by atoms with Crippen LogP contribution >= 0.6 is 12.2 Å². The number of nitrogens with zero attached hydrogens (tertiary/aromatic N) is 2. The van der Waals surface area contributed by atoms with Gasteiger partial charge in [-0.05, 0) is 48.6 Å². The molecule has 1 aromatic heterocycles. The third-order valence-corrected chi connectivity index (χ3v) is 2.85. The molecule has 0 saturated carbocycles.